The van der Waals surface area contributed by atoms with Gasteiger partial charge in [0, 0.05) is 18.2 Å². The Morgan fingerprint density at radius 1 is 1.19 bits per heavy atom. The highest BCUT2D eigenvalue weighted by molar-refractivity contribution is 7.89. The maximum Gasteiger partial charge on any atom is 0.252 e. The minimum atomic E-state index is -3.84. The first-order chi connectivity index (χ1) is 14.6. The Morgan fingerprint density at radius 3 is 2.48 bits per heavy atom. The molecule has 0 radical (unpaired) electrons. The minimum Gasteiger partial charge on any atom is -0.496 e. The van der Waals surface area contributed by atoms with Crippen LogP contribution in [-0.4, -0.2) is 53.0 Å². The first-order valence-electron chi connectivity index (χ1n) is 9.73. The number of benzene rings is 2. The molecule has 2 aromatic carbocycles. The van der Waals surface area contributed by atoms with Crippen LogP contribution in [0.2, 0.25) is 10.0 Å². The van der Waals surface area contributed by atoms with Gasteiger partial charge in [0.05, 0.1) is 28.8 Å². The first-order valence-corrected chi connectivity index (χ1v) is 12.0. The molecule has 1 atom stereocenters. The second kappa shape index (κ2) is 9.75. The zero-order valence-electron chi connectivity index (χ0n) is 17.5. The summed E-state index contributed by atoms with van der Waals surface area (Å²) in [5.41, 5.74) is 0.953. The molecule has 3 rings (SSSR count). The zero-order valence-corrected chi connectivity index (χ0v) is 19.8. The van der Waals surface area contributed by atoms with Crippen LogP contribution in [0.4, 0.5) is 0 Å². The minimum absolute atomic E-state index is 0.0325. The third kappa shape index (κ3) is 5.70. The number of hydrogen-bond acceptors (Lipinski definition) is 5. The summed E-state index contributed by atoms with van der Waals surface area (Å²) in [4.78, 5) is 14.7. The Kier molecular flexibility index (Phi) is 7.49. The van der Waals surface area contributed by atoms with Crippen LogP contribution in [0, 0.1) is 0 Å². The number of sulfonamides is 1. The maximum atomic E-state index is 12.9. The third-order valence-electron chi connectivity index (χ3n) is 5.03. The van der Waals surface area contributed by atoms with E-state index in [1.165, 1.54) is 12.1 Å². The molecule has 7 nitrogen and oxygen atoms in total. The van der Waals surface area contributed by atoms with Crippen molar-refractivity contribution < 1.29 is 17.9 Å². The molecule has 0 spiro atoms. The highest BCUT2D eigenvalue weighted by atomic mass is 35.5. The lowest BCUT2D eigenvalue weighted by atomic mass is 10.0. The van der Waals surface area contributed by atoms with Crippen molar-refractivity contribution in [2.75, 3.05) is 27.7 Å². The monoisotopic (exact) mass is 485 g/mol. The summed E-state index contributed by atoms with van der Waals surface area (Å²) in [7, 11) is 1.54. The first kappa shape index (κ1) is 23.8. The SMILES string of the molecule is COc1ccccc1C(CNC(=O)c1cc(S(=O)(=O)NC2CC2)c(Cl)cc1Cl)N(C)C. The molecule has 1 amide bonds. The molecule has 168 valence electrons. The predicted molar refractivity (Wildman–Crippen MR) is 122 cm³/mol. The number of carbonyl (C=O) groups excluding carboxylic acids is 1. The Bertz CT molecular complexity index is 1070. The molecule has 1 aliphatic carbocycles. The van der Waals surface area contributed by atoms with Gasteiger partial charge in [0.1, 0.15) is 10.6 Å². The van der Waals surface area contributed by atoms with Crippen molar-refractivity contribution in [2.24, 2.45) is 0 Å². The van der Waals surface area contributed by atoms with E-state index >= 15 is 0 Å². The van der Waals surface area contributed by atoms with Gasteiger partial charge in [-0.3, -0.25) is 4.79 Å². The van der Waals surface area contributed by atoms with E-state index in [0.717, 1.165) is 18.4 Å². The second-order valence-corrected chi connectivity index (χ2v) is 10.1. The van der Waals surface area contributed by atoms with E-state index in [0.29, 0.717) is 5.75 Å². The van der Waals surface area contributed by atoms with Crippen LogP contribution in [-0.2, 0) is 10.0 Å². The van der Waals surface area contributed by atoms with Crippen LogP contribution in [0.3, 0.4) is 0 Å². The summed E-state index contributed by atoms with van der Waals surface area (Å²) >= 11 is 12.3. The van der Waals surface area contributed by atoms with Crippen molar-refractivity contribution in [1.82, 2.24) is 14.9 Å². The molecular weight excluding hydrogens is 461 g/mol. The number of para-hydroxylation sites is 1. The number of nitrogens with zero attached hydrogens (tertiary/aromatic N) is 1. The highest BCUT2D eigenvalue weighted by Crippen LogP contribution is 2.31. The van der Waals surface area contributed by atoms with E-state index in [1.807, 2.05) is 43.3 Å². The number of hydrogen-bond donors (Lipinski definition) is 2. The molecule has 0 aromatic heterocycles. The number of amides is 1. The normalized spacial score (nSPS) is 15.0. The number of carbonyl (C=O) groups is 1. The molecule has 1 unspecified atom stereocenters. The molecule has 10 heteroatoms. The van der Waals surface area contributed by atoms with Crippen molar-refractivity contribution in [3.05, 3.63) is 57.6 Å². The third-order valence-corrected chi connectivity index (χ3v) is 7.33. The molecule has 0 heterocycles. The number of rotatable bonds is 9. The van der Waals surface area contributed by atoms with Crippen molar-refractivity contribution in [1.29, 1.82) is 0 Å². The van der Waals surface area contributed by atoms with Crippen LogP contribution in [0.15, 0.2) is 41.3 Å². The lowest BCUT2D eigenvalue weighted by Gasteiger charge is -2.26. The summed E-state index contributed by atoms with van der Waals surface area (Å²) in [6.07, 6.45) is 1.57. The van der Waals surface area contributed by atoms with E-state index in [4.69, 9.17) is 27.9 Å². The van der Waals surface area contributed by atoms with E-state index < -0.39 is 15.9 Å². The van der Waals surface area contributed by atoms with Crippen LogP contribution in [0.1, 0.15) is 34.8 Å². The Morgan fingerprint density at radius 2 is 1.87 bits per heavy atom. The fourth-order valence-corrected chi connectivity index (χ4v) is 5.35. The summed E-state index contributed by atoms with van der Waals surface area (Å²) in [6.45, 7) is 0.258. The van der Waals surface area contributed by atoms with Crippen molar-refractivity contribution in [3.63, 3.8) is 0 Å². The van der Waals surface area contributed by atoms with Crippen LogP contribution in [0.25, 0.3) is 0 Å². The van der Waals surface area contributed by atoms with E-state index in [1.54, 1.807) is 7.11 Å². The van der Waals surface area contributed by atoms with Gasteiger partial charge in [0.2, 0.25) is 10.0 Å². The standard InChI is InChI=1S/C21H25Cl2N3O4S/c1-26(2)18(14-6-4-5-7-19(14)30-3)12-24-21(27)15-10-20(17(23)11-16(15)22)31(28,29)25-13-8-9-13/h4-7,10-11,13,18,25H,8-9,12H2,1-3H3,(H,24,27). The maximum absolute atomic E-state index is 12.9. The van der Waals surface area contributed by atoms with Gasteiger partial charge in [-0.25, -0.2) is 13.1 Å². The number of ether oxygens (including phenoxy) is 1. The summed E-state index contributed by atoms with van der Waals surface area (Å²) in [5.74, 6) is 0.214. The topological polar surface area (TPSA) is 87.7 Å². The van der Waals surface area contributed by atoms with Gasteiger partial charge in [0.25, 0.3) is 5.91 Å². The predicted octanol–water partition coefficient (Wildman–Crippen LogP) is 3.48. The molecule has 0 aliphatic heterocycles. The summed E-state index contributed by atoms with van der Waals surface area (Å²) < 4.78 is 33.2. The van der Waals surface area contributed by atoms with E-state index in [-0.39, 0.29) is 39.1 Å². The fourth-order valence-electron chi connectivity index (χ4n) is 3.19. The average molecular weight is 486 g/mol. The molecule has 31 heavy (non-hydrogen) atoms. The van der Waals surface area contributed by atoms with Crippen LogP contribution >= 0.6 is 23.2 Å². The van der Waals surface area contributed by atoms with Gasteiger partial charge in [0.15, 0.2) is 0 Å². The fraction of sp³-hybridized carbons (Fsp3) is 0.381. The van der Waals surface area contributed by atoms with E-state index in [9.17, 15) is 13.2 Å². The number of halogens is 2. The molecule has 1 fully saturated rings. The van der Waals surface area contributed by atoms with Gasteiger partial charge in [-0.1, -0.05) is 41.4 Å². The molecule has 1 aliphatic rings. The molecule has 0 saturated heterocycles. The smallest absolute Gasteiger partial charge is 0.252 e. The molecule has 2 N–H and O–H groups in total. The summed E-state index contributed by atoms with van der Waals surface area (Å²) in [5, 5.41) is 2.89. The highest BCUT2D eigenvalue weighted by Gasteiger charge is 2.30. The molecule has 1 saturated carbocycles. The van der Waals surface area contributed by atoms with Gasteiger partial charge < -0.3 is 15.0 Å². The number of nitrogens with one attached hydrogen (secondary N) is 2. The molecule has 0 bridgehead atoms. The Balaban J connectivity index is 1.83. The van der Waals surface area contributed by atoms with E-state index in [2.05, 4.69) is 10.0 Å². The molecule has 2 aromatic rings. The van der Waals surface area contributed by atoms with Crippen molar-refractivity contribution >= 4 is 39.1 Å². The van der Waals surface area contributed by atoms with Gasteiger partial charge in [-0.2, -0.15) is 0 Å². The van der Waals surface area contributed by atoms with Crippen molar-refractivity contribution in [2.45, 2.75) is 29.8 Å². The number of methoxy groups -OCH3 is 1. The van der Waals surface area contributed by atoms with Crippen molar-refractivity contribution in [3.8, 4) is 5.75 Å². The Hall–Kier alpha value is -1.84. The summed E-state index contributed by atoms with van der Waals surface area (Å²) in [6, 6.07) is 9.80. The zero-order chi connectivity index (χ0) is 22.8. The Labute approximate surface area is 192 Å². The largest absolute Gasteiger partial charge is 0.496 e. The van der Waals surface area contributed by atoms with Gasteiger partial charge >= 0.3 is 0 Å². The average Bonchev–Trinajstić information content (AvgIpc) is 3.51. The lowest BCUT2D eigenvalue weighted by Crippen LogP contribution is -2.35. The van der Waals surface area contributed by atoms with Gasteiger partial charge in [-0.15, -0.1) is 0 Å². The number of likely N-dealkylation sites (N-methyl/N-ethyl adjacent to an activating group) is 1. The molecular formula is C21H25Cl2N3O4S. The lowest BCUT2D eigenvalue weighted by molar-refractivity contribution is 0.0941. The second-order valence-electron chi connectivity index (χ2n) is 7.59. The van der Waals surface area contributed by atoms with Crippen LogP contribution in [0.5, 0.6) is 5.75 Å². The van der Waals surface area contributed by atoms with Crippen LogP contribution < -0.4 is 14.8 Å². The van der Waals surface area contributed by atoms with Gasteiger partial charge in [-0.05, 0) is 45.1 Å². The quantitative estimate of drug-likeness (QED) is 0.567.